The number of hydrogen-bond donors (Lipinski definition) is 0. The van der Waals surface area contributed by atoms with Crippen molar-refractivity contribution in [2.24, 2.45) is 0 Å². The molecule has 0 aliphatic heterocycles. The van der Waals surface area contributed by atoms with E-state index in [1.54, 1.807) is 13.7 Å². The van der Waals surface area contributed by atoms with Crippen molar-refractivity contribution in [3.8, 4) is 0 Å². The number of rotatable bonds is 8. The Morgan fingerprint density at radius 1 is 1.31 bits per heavy atom. The Kier molecular flexibility index (Phi) is 9.33. The van der Waals surface area contributed by atoms with Crippen molar-refractivity contribution in [3.63, 3.8) is 0 Å². The van der Waals surface area contributed by atoms with E-state index in [1.807, 2.05) is 20.7 Å². The van der Waals surface area contributed by atoms with Crippen LogP contribution in [0.5, 0.6) is 0 Å². The fourth-order valence-corrected chi connectivity index (χ4v) is 0.846. The molecule has 3 heteroatoms. The van der Waals surface area contributed by atoms with Crippen molar-refractivity contribution in [2.75, 3.05) is 6.61 Å². The molecule has 0 aliphatic rings. The molecule has 0 amide bonds. The molecule has 0 N–H and O–H groups in total. The van der Waals surface area contributed by atoms with Gasteiger partial charge in [0.25, 0.3) is 7.48 Å². The number of unbranched alkanes of at least 4 members (excludes halogenated alkanes) is 2. The minimum Gasteiger partial charge on any atom is -0.499 e. The van der Waals surface area contributed by atoms with Crippen LogP contribution in [0.4, 0.5) is 0 Å². The molecule has 0 saturated carbocycles. The van der Waals surface area contributed by atoms with E-state index in [2.05, 4.69) is 6.08 Å². The molecule has 2 nitrogen and oxygen atoms in total. The highest BCUT2D eigenvalue weighted by molar-refractivity contribution is 6.24. The predicted molar refractivity (Wildman–Crippen MR) is 56.8 cm³/mol. The summed E-state index contributed by atoms with van der Waals surface area (Å²) in [4.78, 5) is 0. The summed E-state index contributed by atoms with van der Waals surface area (Å²) in [6.07, 6.45) is 7.48. The van der Waals surface area contributed by atoms with Gasteiger partial charge in [-0.2, -0.15) is 0 Å². The first-order valence-corrected chi connectivity index (χ1v) is 4.97. The average molecular weight is 183 g/mol. The molecule has 0 aliphatic carbocycles. The third kappa shape index (κ3) is 11.6. The molecular formula is C10H20BO2. The summed E-state index contributed by atoms with van der Waals surface area (Å²) >= 11 is 0. The molecule has 0 spiro atoms. The predicted octanol–water partition coefficient (Wildman–Crippen LogP) is 2.78. The second-order valence-electron chi connectivity index (χ2n) is 3.16. The van der Waals surface area contributed by atoms with Crippen LogP contribution in [0.25, 0.3) is 0 Å². The molecule has 0 fully saturated rings. The molecule has 0 aromatic heterocycles. The standard InChI is InChI=1S/C10H20BO2/c1-10(2)12-8-6-4-5-7-9-13-11-3/h6,8,10H,4-5,7,9H2,1-3H3/b8-6+. The smallest absolute Gasteiger partial charge is 0.288 e. The first-order valence-electron chi connectivity index (χ1n) is 4.97. The van der Waals surface area contributed by atoms with Gasteiger partial charge in [0.05, 0.1) is 12.4 Å². The van der Waals surface area contributed by atoms with Gasteiger partial charge < -0.3 is 9.39 Å². The van der Waals surface area contributed by atoms with E-state index in [0.29, 0.717) is 0 Å². The largest absolute Gasteiger partial charge is 0.499 e. The summed E-state index contributed by atoms with van der Waals surface area (Å²) in [7, 11) is 1.73. The maximum absolute atomic E-state index is 5.25. The van der Waals surface area contributed by atoms with E-state index in [0.717, 1.165) is 25.9 Å². The molecular weight excluding hydrogens is 163 g/mol. The second kappa shape index (κ2) is 9.65. The van der Waals surface area contributed by atoms with Crippen molar-refractivity contribution in [2.45, 2.75) is 46.0 Å². The van der Waals surface area contributed by atoms with Gasteiger partial charge in [0.2, 0.25) is 0 Å². The van der Waals surface area contributed by atoms with Gasteiger partial charge in [0.1, 0.15) is 0 Å². The van der Waals surface area contributed by atoms with Crippen LogP contribution in [0.1, 0.15) is 33.1 Å². The normalized spacial score (nSPS) is 11.1. The zero-order valence-corrected chi connectivity index (χ0v) is 8.95. The summed E-state index contributed by atoms with van der Waals surface area (Å²) in [6, 6.07) is 0. The minimum atomic E-state index is 0.286. The van der Waals surface area contributed by atoms with Crippen LogP contribution in [-0.4, -0.2) is 20.2 Å². The Bertz CT molecular complexity index is 124. The van der Waals surface area contributed by atoms with Crippen molar-refractivity contribution in [3.05, 3.63) is 12.3 Å². The quantitative estimate of drug-likeness (QED) is 0.327. The molecule has 75 valence electrons. The van der Waals surface area contributed by atoms with Gasteiger partial charge in [-0.05, 0) is 39.2 Å². The molecule has 13 heavy (non-hydrogen) atoms. The average Bonchev–Trinajstić information content (AvgIpc) is 2.09. The summed E-state index contributed by atoms with van der Waals surface area (Å²) in [5.41, 5.74) is 0. The van der Waals surface area contributed by atoms with Crippen molar-refractivity contribution < 1.29 is 9.39 Å². The highest BCUT2D eigenvalue weighted by atomic mass is 16.5. The second-order valence-corrected chi connectivity index (χ2v) is 3.16. The van der Waals surface area contributed by atoms with Gasteiger partial charge in [-0.25, -0.2) is 0 Å². The van der Waals surface area contributed by atoms with E-state index in [4.69, 9.17) is 9.39 Å². The Hall–Kier alpha value is -0.435. The summed E-state index contributed by atoms with van der Waals surface area (Å²) in [5.74, 6) is 0. The monoisotopic (exact) mass is 183 g/mol. The van der Waals surface area contributed by atoms with Crippen LogP contribution < -0.4 is 0 Å². The Morgan fingerprint density at radius 3 is 2.69 bits per heavy atom. The van der Waals surface area contributed by atoms with E-state index >= 15 is 0 Å². The lowest BCUT2D eigenvalue weighted by Crippen LogP contribution is -1.96. The van der Waals surface area contributed by atoms with Gasteiger partial charge in [-0.15, -0.1) is 0 Å². The lowest BCUT2D eigenvalue weighted by molar-refractivity contribution is 0.178. The zero-order chi connectivity index (χ0) is 9.94. The molecule has 0 bridgehead atoms. The minimum absolute atomic E-state index is 0.286. The fourth-order valence-electron chi connectivity index (χ4n) is 0.846. The van der Waals surface area contributed by atoms with Gasteiger partial charge in [-0.1, -0.05) is 6.82 Å². The molecule has 0 unspecified atom stereocenters. The Labute approximate surface area is 82.6 Å². The van der Waals surface area contributed by atoms with E-state index in [9.17, 15) is 0 Å². The Morgan fingerprint density at radius 2 is 2.08 bits per heavy atom. The van der Waals surface area contributed by atoms with Gasteiger partial charge in [0.15, 0.2) is 0 Å². The maximum Gasteiger partial charge on any atom is 0.288 e. The lowest BCUT2D eigenvalue weighted by atomic mass is 10.1. The summed E-state index contributed by atoms with van der Waals surface area (Å²) in [6.45, 7) is 6.77. The molecule has 0 heterocycles. The Balaban J connectivity index is 3.02. The molecule has 1 radical (unpaired) electrons. The molecule has 0 aromatic rings. The van der Waals surface area contributed by atoms with Gasteiger partial charge in [-0.3, -0.25) is 0 Å². The van der Waals surface area contributed by atoms with Gasteiger partial charge in [0, 0.05) is 6.61 Å². The van der Waals surface area contributed by atoms with Crippen LogP contribution in [0, 0.1) is 0 Å². The van der Waals surface area contributed by atoms with E-state index in [-0.39, 0.29) is 6.10 Å². The molecule has 0 aromatic carbocycles. The maximum atomic E-state index is 5.25. The first-order chi connectivity index (χ1) is 6.27. The summed E-state index contributed by atoms with van der Waals surface area (Å²) in [5, 5.41) is 0. The lowest BCUT2D eigenvalue weighted by Gasteiger charge is -2.02. The van der Waals surface area contributed by atoms with Crippen molar-refractivity contribution in [1.29, 1.82) is 0 Å². The van der Waals surface area contributed by atoms with Crippen LogP contribution in [0.3, 0.4) is 0 Å². The highest BCUT2D eigenvalue weighted by Gasteiger charge is 1.88. The molecule has 0 atom stereocenters. The van der Waals surface area contributed by atoms with Crippen LogP contribution in [0.2, 0.25) is 6.82 Å². The van der Waals surface area contributed by atoms with Crippen LogP contribution in [0.15, 0.2) is 12.3 Å². The SMILES string of the molecule is C[B]OCCCC/C=C/OC(C)C. The van der Waals surface area contributed by atoms with Crippen LogP contribution >= 0.6 is 0 Å². The van der Waals surface area contributed by atoms with Gasteiger partial charge >= 0.3 is 0 Å². The fraction of sp³-hybridized carbons (Fsp3) is 0.800. The molecule has 0 rings (SSSR count). The first kappa shape index (κ1) is 12.6. The van der Waals surface area contributed by atoms with E-state index in [1.165, 1.54) is 0 Å². The van der Waals surface area contributed by atoms with Crippen LogP contribution in [-0.2, 0) is 9.39 Å². The number of allylic oxidation sites excluding steroid dienone is 1. The van der Waals surface area contributed by atoms with Crippen molar-refractivity contribution in [1.82, 2.24) is 0 Å². The molecule has 0 saturated heterocycles. The number of ether oxygens (including phenoxy) is 1. The third-order valence-corrected chi connectivity index (χ3v) is 1.50. The highest BCUT2D eigenvalue weighted by Crippen LogP contribution is 1.98. The third-order valence-electron chi connectivity index (χ3n) is 1.50. The summed E-state index contributed by atoms with van der Waals surface area (Å²) < 4.78 is 10.3. The van der Waals surface area contributed by atoms with E-state index < -0.39 is 0 Å². The topological polar surface area (TPSA) is 18.5 Å². The zero-order valence-electron chi connectivity index (χ0n) is 8.95. The number of hydrogen-bond acceptors (Lipinski definition) is 2. The van der Waals surface area contributed by atoms with Crippen molar-refractivity contribution >= 4 is 7.48 Å².